The molecule has 0 saturated carbocycles. The summed E-state index contributed by atoms with van der Waals surface area (Å²) in [5.41, 5.74) is 0.575. The van der Waals surface area contributed by atoms with Gasteiger partial charge in [0.1, 0.15) is 11.9 Å². The van der Waals surface area contributed by atoms with Crippen molar-refractivity contribution in [1.29, 1.82) is 0 Å². The van der Waals surface area contributed by atoms with E-state index in [2.05, 4.69) is 10.3 Å². The molecule has 5 nitrogen and oxygen atoms in total. The number of nitrogens with zero attached hydrogens (tertiary/aromatic N) is 1. The number of hydrogen-bond donors (Lipinski definition) is 2. The second-order valence-electron chi connectivity index (χ2n) is 3.62. The topological polar surface area (TPSA) is 71.5 Å². The molecule has 1 aromatic heterocycles. The van der Waals surface area contributed by atoms with Crippen LogP contribution in [0, 0.1) is 0 Å². The number of hydrogen-bond acceptors (Lipinski definition) is 4. The molecule has 1 atom stereocenters. The summed E-state index contributed by atoms with van der Waals surface area (Å²) in [7, 11) is 0. The van der Waals surface area contributed by atoms with Crippen molar-refractivity contribution in [3.63, 3.8) is 0 Å². The Bertz CT molecular complexity index is 342. The van der Waals surface area contributed by atoms with Crippen molar-refractivity contribution in [2.45, 2.75) is 26.1 Å². The van der Waals surface area contributed by atoms with Crippen molar-refractivity contribution in [2.24, 2.45) is 0 Å². The molecule has 5 heteroatoms. The summed E-state index contributed by atoms with van der Waals surface area (Å²) in [4.78, 5) is 14.1. The van der Waals surface area contributed by atoms with Crippen LogP contribution in [0.1, 0.15) is 25.5 Å². The van der Waals surface area contributed by atoms with E-state index in [1.165, 1.54) is 6.20 Å². The zero-order chi connectivity index (χ0) is 12.0. The summed E-state index contributed by atoms with van der Waals surface area (Å²) >= 11 is 0. The summed E-state index contributed by atoms with van der Waals surface area (Å²) in [5.74, 6) is 0.588. The van der Waals surface area contributed by atoms with E-state index in [1.807, 2.05) is 13.8 Å². The predicted octanol–water partition coefficient (Wildman–Crippen LogP) is 0.648. The number of carbonyl (C=O) groups is 1. The van der Waals surface area contributed by atoms with Gasteiger partial charge in [-0.3, -0.25) is 9.78 Å². The molecule has 0 aromatic carbocycles. The van der Waals surface area contributed by atoms with Crippen molar-refractivity contribution in [2.75, 3.05) is 6.54 Å². The number of carbonyl (C=O) groups excluding carboxylic acids is 1. The van der Waals surface area contributed by atoms with Crippen molar-refractivity contribution in [1.82, 2.24) is 10.3 Å². The van der Waals surface area contributed by atoms with Crippen molar-refractivity contribution >= 4 is 6.41 Å². The number of amides is 1. The molecule has 0 saturated heterocycles. The van der Waals surface area contributed by atoms with Gasteiger partial charge in [-0.05, 0) is 19.9 Å². The highest BCUT2D eigenvalue weighted by molar-refractivity contribution is 5.46. The first-order valence-electron chi connectivity index (χ1n) is 5.10. The minimum atomic E-state index is -0.812. The number of pyridine rings is 1. The van der Waals surface area contributed by atoms with Crippen LogP contribution in [-0.2, 0) is 4.79 Å². The molecular weight excluding hydrogens is 208 g/mol. The normalized spacial score (nSPS) is 12.2. The van der Waals surface area contributed by atoms with Gasteiger partial charge in [0.25, 0.3) is 0 Å². The first-order chi connectivity index (χ1) is 7.65. The van der Waals surface area contributed by atoms with Crippen LogP contribution in [-0.4, -0.2) is 29.1 Å². The van der Waals surface area contributed by atoms with E-state index in [0.717, 1.165) is 0 Å². The van der Waals surface area contributed by atoms with Gasteiger partial charge in [0, 0.05) is 24.5 Å². The number of nitrogens with one attached hydrogen (secondary N) is 1. The Morgan fingerprint density at radius 2 is 2.38 bits per heavy atom. The fraction of sp³-hybridized carbons (Fsp3) is 0.455. The van der Waals surface area contributed by atoms with Gasteiger partial charge in [-0.1, -0.05) is 0 Å². The molecule has 0 aliphatic carbocycles. The molecule has 1 rings (SSSR count). The van der Waals surface area contributed by atoms with E-state index in [4.69, 9.17) is 4.74 Å². The van der Waals surface area contributed by atoms with Gasteiger partial charge in [-0.15, -0.1) is 0 Å². The maximum absolute atomic E-state index is 10.1. The third-order valence-electron chi connectivity index (χ3n) is 1.93. The lowest BCUT2D eigenvalue weighted by molar-refractivity contribution is -0.110. The Balaban J connectivity index is 2.80. The Morgan fingerprint density at radius 3 is 3.00 bits per heavy atom. The maximum Gasteiger partial charge on any atom is 0.207 e. The van der Waals surface area contributed by atoms with Crippen LogP contribution in [0.5, 0.6) is 5.75 Å². The van der Waals surface area contributed by atoms with Crippen molar-refractivity contribution in [3.05, 3.63) is 24.0 Å². The smallest absolute Gasteiger partial charge is 0.207 e. The van der Waals surface area contributed by atoms with Gasteiger partial charge in [0.15, 0.2) is 0 Å². The minimum Gasteiger partial charge on any atom is -0.491 e. The standard InChI is InChI=1S/C11H16N2O3/c1-8(2)16-11-3-4-12-5-9(11)10(15)6-13-7-14/h3-5,7-8,10,15H,6H2,1-2H3,(H,13,14). The predicted molar refractivity (Wildman–Crippen MR) is 59.0 cm³/mol. The highest BCUT2D eigenvalue weighted by Crippen LogP contribution is 2.24. The number of ether oxygens (including phenoxy) is 1. The lowest BCUT2D eigenvalue weighted by Gasteiger charge is -2.17. The van der Waals surface area contributed by atoms with E-state index < -0.39 is 6.10 Å². The molecule has 0 bridgehead atoms. The average molecular weight is 224 g/mol. The van der Waals surface area contributed by atoms with Crippen LogP contribution >= 0.6 is 0 Å². The third-order valence-corrected chi connectivity index (χ3v) is 1.93. The molecule has 88 valence electrons. The highest BCUT2D eigenvalue weighted by atomic mass is 16.5. The monoisotopic (exact) mass is 224 g/mol. The second-order valence-corrected chi connectivity index (χ2v) is 3.62. The lowest BCUT2D eigenvalue weighted by Crippen LogP contribution is -2.20. The van der Waals surface area contributed by atoms with Crippen LogP contribution in [0.2, 0.25) is 0 Å². The van der Waals surface area contributed by atoms with Gasteiger partial charge >= 0.3 is 0 Å². The summed E-state index contributed by atoms with van der Waals surface area (Å²) in [6.45, 7) is 3.95. The van der Waals surface area contributed by atoms with Gasteiger partial charge in [0.05, 0.1) is 6.10 Å². The van der Waals surface area contributed by atoms with Gasteiger partial charge in [-0.2, -0.15) is 0 Å². The van der Waals surface area contributed by atoms with E-state index in [1.54, 1.807) is 12.3 Å². The van der Waals surface area contributed by atoms with E-state index in [9.17, 15) is 9.90 Å². The summed E-state index contributed by atoms with van der Waals surface area (Å²) in [6, 6.07) is 1.69. The van der Waals surface area contributed by atoms with Crippen LogP contribution in [0.25, 0.3) is 0 Å². The van der Waals surface area contributed by atoms with Crippen LogP contribution < -0.4 is 10.1 Å². The zero-order valence-corrected chi connectivity index (χ0v) is 9.38. The zero-order valence-electron chi connectivity index (χ0n) is 9.38. The van der Waals surface area contributed by atoms with Crippen molar-refractivity contribution in [3.8, 4) is 5.75 Å². The Kier molecular flexibility index (Phi) is 4.72. The summed E-state index contributed by atoms with van der Waals surface area (Å²) in [5, 5.41) is 12.2. The Morgan fingerprint density at radius 1 is 1.62 bits per heavy atom. The molecule has 1 aromatic rings. The molecule has 1 heterocycles. The number of rotatable bonds is 6. The van der Waals surface area contributed by atoms with Crippen LogP contribution in [0.15, 0.2) is 18.5 Å². The SMILES string of the molecule is CC(C)Oc1ccncc1C(O)CNC=O. The van der Waals surface area contributed by atoms with Gasteiger partial charge < -0.3 is 15.2 Å². The number of aromatic nitrogens is 1. The van der Waals surface area contributed by atoms with Gasteiger partial charge in [-0.25, -0.2) is 0 Å². The molecule has 0 spiro atoms. The molecule has 0 fully saturated rings. The summed E-state index contributed by atoms with van der Waals surface area (Å²) in [6.07, 6.45) is 2.89. The average Bonchev–Trinajstić information content (AvgIpc) is 2.26. The van der Waals surface area contributed by atoms with Crippen LogP contribution in [0.4, 0.5) is 0 Å². The quantitative estimate of drug-likeness (QED) is 0.696. The molecule has 1 amide bonds. The Labute approximate surface area is 94.5 Å². The minimum absolute atomic E-state index is 0.0207. The number of aliphatic hydroxyl groups excluding tert-OH is 1. The Hall–Kier alpha value is -1.62. The fourth-order valence-corrected chi connectivity index (χ4v) is 1.28. The highest BCUT2D eigenvalue weighted by Gasteiger charge is 2.14. The molecule has 2 N–H and O–H groups in total. The molecular formula is C11H16N2O3. The summed E-state index contributed by atoms with van der Waals surface area (Å²) < 4.78 is 5.53. The largest absolute Gasteiger partial charge is 0.491 e. The van der Waals surface area contributed by atoms with E-state index in [-0.39, 0.29) is 12.6 Å². The molecule has 0 radical (unpaired) electrons. The second kappa shape index (κ2) is 6.07. The molecule has 0 aliphatic rings. The number of aliphatic hydroxyl groups is 1. The first kappa shape index (κ1) is 12.4. The lowest BCUT2D eigenvalue weighted by atomic mass is 10.1. The van der Waals surface area contributed by atoms with E-state index >= 15 is 0 Å². The molecule has 1 unspecified atom stereocenters. The fourth-order valence-electron chi connectivity index (χ4n) is 1.28. The van der Waals surface area contributed by atoms with E-state index in [0.29, 0.717) is 17.7 Å². The van der Waals surface area contributed by atoms with Gasteiger partial charge in [0.2, 0.25) is 6.41 Å². The maximum atomic E-state index is 10.1. The third kappa shape index (κ3) is 3.51. The van der Waals surface area contributed by atoms with Crippen LogP contribution in [0.3, 0.4) is 0 Å². The first-order valence-corrected chi connectivity index (χ1v) is 5.10. The molecule has 16 heavy (non-hydrogen) atoms. The van der Waals surface area contributed by atoms with Crippen molar-refractivity contribution < 1.29 is 14.6 Å². The molecule has 0 aliphatic heterocycles.